The number of rotatable bonds is 8. The average molecular weight is 443 g/mol. The second-order valence-corrected chi connectivity index (χ2v) is 9.14. The monoisotopic (exact) mass is 442 g/mol. The number of nitrogens with one attached hydrogen (secondary N) is 1. The number of piperazine rings is 1. The molecule has 0 aliphatic carbocycles. The number of hydrogen-bond donors (Lipinski definition) is 1. The molecule has 178 valence electrons. The zero-order chi connectivity index (χ0) is 22.0. The van der Waals surface area contributed by atoms with Crippen molar-refractivity contribution in [1.82, 2.24) is 20.0 Å². The number of morpholine rings is 1. The lowest BCUT2D eigenvalue weighted by molar-refractivity contribution is 0.0195. The molecule has 32 heavy (non-hydrogen) atoms. The highest BCUT2D eigenvalue weighted by Gasteiger charge is 2.30. The summed E-state index contributed by atoms with van der Waals surface area (Å²) in [4.78, 5) is 15.2. The molecule has 1 aromatic rings. The molecular formula is C25H42N6O. The molecule has 0 saturated carbocycles. The Labute approximate surface area is 194 Å². The maximum atomic E-state index is 5.52. The number of guanidine groups is 1. The molecule has 1 unspecified atom stereocenters. The van der Waals surface area contributed by atoms with Gasteiger partial charge in [0.25, 0.3) is 0 Å². The van der Waals surface area contributed by atoms with Crippen LogP contribution in [-0.2, 0) is 4.74 Å². The van der Waals surface area contributed by atoms with Crippen LogP contribution >= 0.6 is 0 Å². The summed E-state index contributed by atoms with van der Waals surface area (Å²) in [6.45, 7) is 15.9. The molecule has 3 heterocycles. The summed E-state index contributed by atoms with van der Waals surface area (Å²) in [7, 11) is 0. The number of unbranched alkanes of at least 4 members (excludes halogenated alkanes) is 1. The molecule has 3 fully saturated rings. The van der Waals surface area contributed by atoms with E-state index in [1.54, 1.807) is 0 Å². The highest BCUT2D eigenvalue weighted by molar-refractivity contribution is 5.80. The summed E-state index contributed by atoms with van der Waals surface area (Å²) in [6.07, 6.45) is 3.62. The normalized spacial score (nSPS) is 23.7. The summed E-state index contributed by atoms with van der Waals surface area (Å²) in [5.74, 6) is 1.11. The largest absolute Gasteiger partial charge is 0.379 e. The fourth-order valence-electron chi connectivity index (χ4n) is 5.10. The van der Waals surface area contributed by atoms with E-state index in [4.69, 9.17) is 9.73 Å². The number of nitrogens with zero attached hydrogens (tertiary/aromatic N) is 5. The summed E-state index contributed by atoms with van der Waals surface area (Å²) in [5, 5.41) is 3.53. The van der Waals surface area contributed by atoms with Gasteiger partial charge in [-0.3, -0.25) is 14.8 Å². The zero-order valence-electron chi connectivity index (χ0n) is 19.9. The summed E-state index contributed by atoms with van der Waals surface area (Å²) >= 11 is 0. The maximum absolute atomic E-state index is 5.52. The van der Waals surface area contributed by atoms with Gasteiger partial charge in [-0.1, -0.05) is 18.2 Å². The van der Waals surface area contributed by atoms with Crippen molar-refractivity contribution in [2.75, 3.05) is 90.1 Å². The summed E-state index contributed by atoms with van der Waals surface area (Å²) < 4.78 is 5.52. The van der Waals surface area contributed by atoms with Gasteiger partial charge >= 0.3 is 0 Å². The van der Waals surface area contributed by atoms with Crippen molar-refractivity contribution in [3.8, 4) is 0 Å². The molecule has 1 N–H and O–H groups in total. The van der Waals surface area contributed by atoms with Crippen LogP contribution in [0.25, 0.3) is 0 Å². The van der Waals surface area contributed by atoms with Crippen molar-refractivity contribution in [2.24, 2.45) is 4.99 Å². The van der Waals surface area contributed by atoms with E-state index in [2.05, 4.69) is 62.2 Å². The van der Waals surface area contributed by atoms with Crippen LogP contribution in [0.15, 0.2) is 35.3 Å². The maximum Gasteiger partial charge on any atom is 0.193 e. The highest BCUT2D eigenvalue weighted by atomic mass is 16.5. The molecule has 7 nitrogen and oxygen atoms in total. The number of likely N-dealkylation sites (tertiary alicyclic amines) is 1. The molecule has 0 radical (unpaired) electrons. The Morgan fingerprint density at radius 3 is 2.53 bits per heavy atom. The Bertz CT molecular complexity index is 685. The smallest absolute Gasteiger partial charge is 0.193 e. The Morgan fingerprint density at radius 2 is 1.78 bits per heavy atom. The predicted octanol–water partition coefficient (Wildman–Crippen LogP) is 1.96. The molecule has 0 aromatic heterocycles. The fourth-order valence-corrected chi connectivity index (χ4v) is 5.10. The van der Waals surface area contributed by atoms with Gasteiger partial charge in [0.15, 0.2) is 5.96 Å². The Balaban J connectivity index is 1.14. The third-order valence-corrected chi connectivity index (χ3v) is 7.00. The van der Waals surface area contributed by atoms with E-state index in [1.807, 2.05) is 0 Å². The summed E-state index contributed by atoms with van der Waals surface area (Å²) in [5.41, 5.74) is 1.36. The lowest BCUT2D eigenvalue weighted by atomic mass is 10.2. The first-order chi connectivity index (χ1) is 15.8. The quantitative estimate of drug-likeness (QED) is 0.377. The van der Waals surface area contributed by atoms with Crippen LogP contribution in [0.4, 0.5) is 5.69 Å². The van der Waals surface area contributed by atoms with Gasteiger partial charge < -0.3 is 19.9 Å². The van der Waals surface area contributed by atoms with Gasteiger partial charge in [0.2, 0.25) is 0 Å². The SMILES string of the molecule is CCNC(=NCCCCN1CCN(c2ccccc2)CC1)N1CCC(N2CCOCC2)C1. The third kappa shape index (κ3) is 6.59. The van der Waals surface area contributed by atoms with Crippen LogP contribution in [0.2, 0.25) is 0 Å². The fraction of sp³-hybridized carbons (Fsp3) is 0.720. The van der Waals surface area contributed by atoms with Crippen molar-refractivity contribution < 1.29 is 4.74 Å². The van der Waals surface area contributed by atoms with Crippen LogP contribution in [0.5, 0.6) is 0 Å². The topological polar surface area (TPSA) is 46.6 Å². The van der Waals surface area contributed by atoms with Crippen LogP contribution in [0, 0.1) is 0 Å². The number of ether oxygens (including phenoxy) is 1. The van der Waals surface area contributed by atoms with Gasteiger partial charge in [-0.2, -0.15) is 0 Å². The molecular weight excluding hydrogens is 400 g/mol. The Morgan fingerprint density at radius 1 is 1.00 bits per heavy atom. The molecule has 3 aliphatic heterocycles. The molecule has 0 bridgehead atoms. The van der Waals surface area contributed by atoms with E-state index >= 15 is 0 Å². The number of para-hydroxylation sites is 1. The molecule has 0 amide bonds. The van der Waals surface area contributed by atoms with Crippen molar-refractivity contribution in [3.05, 3.63) is 30.3 Å². The van der Waals surface area contributed by atoms with Gasteiger partial charge in [0.05, 0.1) is 13.2 Å². The van der Waals surface area contributed by atoms with E-state index < -0.39 is 0 Å². The van der Waals surface area contributed by atoms with Crippen LogP contribution < -0.4 is 10.2 Å². The molecule has 7 heteroatoms. The number of aliphatic imine (C=N–C) groups is 1. The van der Waals surface area contributed by atoms with Crippen LogP contribution in [0.1, 0.15) is 26.2 Å². The minimum atomic E-state index is 0.650. The lowest BCUT2D eigenvalue weighted by Crippen LogP contribution is -2.47. The first-order valence-electron chi connectivity index (χ1n) is 12.7. The number of hydrogen-bond acceptors (Lipinski definition) is 5. The molecule has 3 saturated heterocycles. The highest BCUT2D eigenvalue weighted by Crippen LogP contribution is 2.18. The van der Waals surface area contributed by atoms with Gasteiger partial charge in [0.1, 0.15) is 0 Å². The standard InChI is InChI=1S/C25H42N6O/c1-2-26-25(31-13-10-24(22-31)30-18-20-32-21-19-30)27-11-6-7-12-28-14-16-29(17-15-28)23-8-4-3-5-9-23/h3-5,8-9,24H,2,6-7,10-22H2,1H3,(H,26,27). The van der Waals surface area contributed by atoms with Gasteiger partial charge in [-0.25, -0.2) is 0 Å². The van der Waals surface area contributed by atoms with E-state index in [9.17, 15) is 0 Å². The summed E-state index contributed by atoms with van der Waals surface area (Å²) in [6, 6.07) is 11.5. The first kappa shape index (κ1) is 23.3. The van der Waals surface area contributed by atoms with Crippen LogP contribution in [-0.4, -0.2) is 112 Å². The van der Waals surface area contributed by atoms with Crippen molar-refractivity contribution in [3.63, 3.8) is 0 Å². The van der Waals surface area contributed by atoms with Gasteiger partial charge in [-0.05, 0) is 44.9 Å². The number of benzene rings is 1. The zero-order valence-corrected chi connectivity index (χ0v) is 19.9. The van der Waals surface area contributed by atoms with E-state index in [-0.39, 0.29) is 0 Å². The van der Waals surface area contributed by atoms with E-state index in [1.165, 1.54) is 25.1 Å². The third-order valence-electron chi connectivity index (χ3n) is 7.00. The van der Waals surface area contributed by atoms with Gasteiger partial charge in [-0.15, -0.1) is 0 Å². The minimum absolute atomic E-state index is 0.650. The average Bonchev–Trinajstić information content (AvgIpc) is 3.35. The van der Waals surface area contributed by atoms with E-state index in [0.717, 1.165) is 91.0 Å². The molecule has 1 atom stereocenters. The van der Waals surface area contributed by atoms with Crippen molar-refractivity contribution in [1.29, 1.82) is 0 Å². The van der Waals surface area contributed by atoms with Gasteiger partial charge in [0, 0.05) is 77.2 Å². The van der Waals surface area contributed by atoms with Crippen molar-refractivity contribution in [2.45, 2.75) is 32.2 Å². The molecule has 3 aliphatic rings. The predicted molar refractivity (Wildman–Crippen MR) is 133 cm³/mol. The molecule has 1 aromatic carbocycles. The number of anilines is 1. The first-order valence-corrected chi connectivity index (χ1v) is 12.7. The minimum Gasteiger partial charge on any atom is -0.379 e. The Kier molecular flexibility index (Phi) is 9.06. The van der Waals surface area contributed by atoms with Crippen LogP contribution in [0.3, 0.4) is 0 Å². The Hall–Kier alpha value is -1.83. The van der Waals surface area contributed by atoms with Crippen molar-refractivity contribution >= 4 is 11.6 Å². The molecule has 4 rings (SSSR count). The lowest BCUT2D eigenvalue weighted by Gasteiger charge is -2.36. The second-order valence-electron chi connectivity index (χ2n) is 9.14. The molecule has 0 spiro atoms. The van der Waals surface area contributed by atoms with E-state index in [0.29, 0.717) is 6.04 Å². The second kappa shape index (κ2) is 12.4.